The van der Waals surface area contributed by atoms with Gasteiger partial charge in [-0.2, -0.15) is 4.68 Å². The van der Waals surface area contributed by atoms with Gasteiger partial charge in [0.05, 0.1) is 11.4 Å². The maximum Gasteiger partial charge on any atom is 0.316 e. The van der Waals surface area contributed by atoms with E-state index >= 15 is 0 Å². The highest BCUT2D eigenvalue weighted by Gasteiger charge is 2.15. The third-order valence-electron chi connectivity index (χ3n) is 3.83. The molecule has 1 aromatic heterocycles. The van der Waals surface area contributed by atoms with Gasteiger partial charge >= 0.3 is 5.97 Å². The number of carbonyl (C=O) groups excluding carboxylic acids is 2. The molecule has 0 fully saturated rings. The number of halogens is 1. The molecule has 0 unspecified atom stereocenters. The van der Waals surface area contributed by atoms with Crippen molar-refractivity contribution in [2.24, 2.45) is 0 Å². The predicted molar refractivity (Wildman–Crippen MR) is 105 cm³/mol. The average molecular weight is 415 g/mol. The van der Waals surface area contributed by atoms with Crippen LogP contribution < -0.4 is 5.32 Å². The quantitative estimate of drug-likeness (QED) is 0.468. The molecule has 0 saturated carbocycles. The molecule has 0 aliphatic carbocycles. The van der Waals surface area contributed by atoms with Crippen molar-refractivity contribution in [3.05, 3.63) is 59.4 Å². The summed E-state index contributed by atoms with van der Waals surface area (Å²) in [7, 11) is 0. The normalized spacial score (nSPS) is 10.6. The number of nitrogens with zero attached hydrogens (tertiary/aromatic N) is 4. The molecule has 1 N–H and O–H groups in total. The number of aromatic nitrogens is 4. The third kappa shape index (κ3) is 5.61. The van der Waals surface area contributed by atoms with Crippen LogP contribution in [0.1, 0.15) is 11.1 Å². The number of thioether (sulfide) groups is 1. The Morgan fingerprint density at radius 3 is 2.83 bits per heavy atom. The van der Waals surface area contributed by atoms with Crippen molar-refractivity contribution in [1.29, 1.82) is 0 Å². The zero-order valence-corrected chi connectivity index (χ0v) is 16.6. The number of hydrogen-bond acceptors (Lipinski definition) is 7. The highest BCUT2D eigenvalue weighted by molar-refractivity contribution is 7.99. The lowest BCUT2D eigenvalue weighted by atomic mass is 10.1. The summed E-state index contributed by atoms with van der Waals surface area (Å²) in [5.41, 5.74) is 3.15. The smallest absolute Gasteiger partial charge is 0.316 e. The number of tetrazole rings is 1. The van der Waals surface area contributed by atoms with E-state index in [9.17, 15) is 14.0 Å². The molecule has 1 amide bonds. The Hall–Kier alpha value is -3.27. The highest BCUT2D eigenvalue weighted by Crippen LogP contribution is 2.21. The van der Waals surface area contributed by atoms with Crippen LogP contribution in [0.2, 0.25) is 0 Å². The van der Waals surface area contributed by atoms with Gasteiger partial charge in [-0.1, -0.05) is 30.0 Å². The number of anilines is 1. The van der Waals surface area contributed by atoms with Crippen LogP contribution in [0.25, 0.3) is 5.69 Å². The molecule has 0 aliphatic heterocycles. The summed E-state index contributed by atoms with van der Waals surface area (Å²) in [5, 5.41) is 14.5. The van der Waals surface area contributed by atoms with Gasteiger partial charge in [-0.3, -0.25) is 9.59 Å². The third-order valence-corrected chi connectivity index (χ3v) is 4.72. The van der Waals surface area contributed by atoms with Crippen LogP contribution in [-0.4, -0.2) is 44.4 Å². The van der Waals surface area contributed by atoms with Crippen molar-refractivity contribution in [2.75, 3.05) is 17.7 Å². The minimum Gasteiger partial charge on any atom is -0.455 e. The van der Waals surface area contributed by atoms with Gasteiger partial charge in [0.1, 0.15) is 5.82 Å². The van der Waals surface area contributed by atoms with Crippen molar-refractivity contribution in [3.63, 3.8) is 0 Å². The van der Waals surface area contributed by atoms with Crippen LogP contribution in [0.5, 0.6) is 0 Å². The summed E-state index contributed by atoms with van der Waals surface area (Å²) >= 11 is 1.10. The van der Waals surface area contributed by atoms with Crippen LogP contribution in [0.15, 0.2) is 47.6 Å². The number of esters is 1. The van der Waals surface area contributed by atoms with Gasteiger partial charge in [0.25, 0.3) is 5.91 Å². The standard InChI is InChI=1S/C19H18FN5O3S/c1-12-6-7-13(2)16(8-12)25-19(22-23-24-25)29-11-18(27)28-10-17(26)21-15-5-3-4-14(20)9-15/h3-9H,10-11H2,1-2H3,(H,21,26). The molecule has 150 valence electrons. The number of carbonyl (C=O) groups is 2. The Morgan fingerprint density at radius 2 is 2.03 bits per heavy atom. The second-order valence-electron chi connectivity index (χ2n) is 6.17. The van der Waals surface area contributed by atoms with Crippen molar-refractivity contribution < 1.29 is 18.7 Å². The second kappa shape index (κ2) is 9.28. The molecule has 0 radical (unpaired) electrons. The van der Waals surface area contributed by atoms with Gasteiger partial charge < -0.3 is 10.1 Å². The summed E-state index contributed by atoms with van der Waals surface area (Å²) in [4.78, 5) is 23.8. The summed E-state index contributed by atoms with van der Waals surface area (Å²) in [6.07, 6.45) is 0. The first-order valence-electron chi connectivity index (χ1n) is 8.62. The van der Waals surface area contributed by atoms with Crippen molar-refractivity contribution in [2.45, 2.75) is 19.0 Å². The van der Waals surface area contributed by atoms with Crippen LogP contribution in [0.3, 0.4) is 0 Å². The lowest BCUT2D eigenvalue weighted by Crippen LogP contribution is -2.21. The zero-order chi connectivity index (χ0) is 20.8. The number of ether oxygens (including phenoxy) is 1. The number of benzene rings is 2. The first-order valence-corrected chi connectivity index (χ1v) is 9.61. The van der Waals surface area contributed by atoms with Crippen LogP contribution in [0.4, 0.5) is 10.1 Å². The topological polar surface area (TPSA) is 99.0 Å². The first-order chi connectivity index (χ1) is 13.9. The van der Waals surface area contributed by atoms with E-state index in [1.54, 1.807) is 4.68 Å². The number of hydrogen-bond donors (Lipinski definition) is 1. The van der Waals surface area contributed by atoms with Gasteiger partial charge in [-0.15, -0.1) is 5.10 Å². The maximum absolute atomic E-state index is 13.1. The molecule has 0 saturated heterocycles. The summed E-state index contributed by atoms with van der Waals surface area (Å²) < 4.78 is 19.6. The van der Waals surface area contributed by atoms with Gasteiger partial charge in [-0.05, 0) is 59.7 Å². The Balaban J connectivity index is 1.52. The average Bonchev–Trinajstić information content (AvgIpc) is 3.15. The first kappa shape index (κ1) is 20.5. The molecule has 0 spiro atoms. The van der Waals surface area contributed by atoms with E-state index in [0.717, 1.165) is 28.6 Å². The molecule has 29 heavy (non-hydrogen) atoms. The SMILES string of the molecule is Cc1ccc(C)c(-n2nnnc2SCC(=O)OCC(=O)Nc2cccc(F)c2)c1. The largest absolute Gasteiger partial charge is 0.455 e. The summed E-state index contributed by atoms with van der Waals surface area (Å²) in [5.74, 6) is -1.70. The molecule has 0 atom stereocenters. The van der Waals surface area contributed by atoms with Gasteiger partial charge in [0.2, 0.25) is 5.16 Å². The number of nitrogens with one attached hydrogen (secondary N) is 1. The number of rotatable bonds is 7. The minimum atomic E-state index is -0.597. The van der Waals surface area contributed by atoms with Gasteiger partial charge in [0, 0.05) is 5.69 Å². The Bertz CT molecular complexity index is 1040. The molecular weight excluding hydrogens is 397 g/mol. The summed E-state index contributed by atoms with van der Waals surface area (Å²) in [6, 6.07) is 11.3. The lowest BCUT2D eigenvalue weighted by molar-refractivity contribution is -0.144. The fourth-order valence-electron chi connectivity index (χ4n) is 2.44. The molecule has 3 aromatic rings. The number of amides is 1. The molecule has 2 aromatic carbocycles. The highest BCUT2D eigenvalue weighted by atomic mass is 32.2. The van der Waals surface area contributed by atoms with E-state index in [4.69, 9.17) is 4.74 Å². The maximum atomic E-state index is 13.1. The van der Waals surface area contributed by atoms with Crippen molar-refractivity contribution >= 4 is 29.3 Å². The van der Waals surface area contributed by atoms with E-state index in [1.165, 1.54) is 24.3 Å². The fourth-order valence-corrected chi connectivity index (χ4v) is 3.12. The molecule has 0 bridgehead atoms. The Morgan fingerprint density at radius 1 is 1.21 bits per heavy atom. The van der Waals surface area contributed by atoms with E-state index < -0.39 is 24.3 Å². The summed E-state index contributed by atoms with van der Waals surface area (Å²) in [6.45, 7) is 3.43. The molecule has 10 heteroatoms. The predicted octanol–water partition coefficient (Wildman–Crippen LogP) is 2.69. The number of aryl methyl sites for hydroxylation is 2. The van der Waals surface area contributed by atoms with Gasteiger partial charge in [0.15, 0.2) is 6.61 Å². The van der Waals surface area contributed by atoms with Crippen molar-refractivity contribution in [1.82, 2.24) is 20.2 Å². The molecular formula is C19H18FN5O3S. The van der Waals surface area contributed by atoms with E-state index in [1.807, 2.05) is 32.0 Å². The van der Waals surface area contributed by atoms with Crippen LogP contribution in [-0.2, 0) is 14.3 Å². The van der Waals surface area contributed by atoms with Crippen LogP contribution >= 0.6 is 11.8 Å². The minimum absolute atomic E-state index is 0.0710. The molecule has 3 rings (SSSR count). The van der Waals surface area contributed by atoms with Crippen LogP contribution in [0, 0.1) is 19.7 Å². The molecule has 0 aliphatic rings. The molecule has 1 heterocycles. The van der Waals surface area contributed by atoms with Gasteiger partial charge in [-0.25, -0.2) is 4.39 Å². The zero-order valence-electron chi connectivity index (χ0n) is 15.8. The Labute approximate surface area is 170 Å². The lowest BCUT2D eigenvalue weighted by Gasteiger charge is -2.09. The molecule has 8 nitrogen and oxygen atoms in total. The Kier molecular flexibility index (Phi) is 6.55. The van der Waals surface area contributed by atoms with Crippen molar-refractivity contribution in [3.8, 4) is 5.69 Å². The second-order valence-corrected chi connectivity index (χ2v) is 7.11. The van der Waals surface area contributed by atoms with E-state index in [-0.39, 0.29) is 11.4 Å². The monoisotopic (exact) mass is 415 g/mol. The van der Waals surface area contributed by atoms with E-state index in [2.05, 4.69) is 20.8 Å². The van der Waals surface area contributed by atoms with E-state index in [0.29, 0.717) is 5.16 Å². The fraction of sp³-hybridized carbons (Fsp3) is 0.211.